The predicted octanol–water partition coefficient (Wildman–Crippen LogP) is 4.70. The minimum atomic E-state index is -0.00272. The molecule has 1 amide bonds. The number of hydrogen-bond donors (Lipinski definition) is 0. The molecule has 0 saturated carbocycles. The van der Waals surface area contributed by atoms with E-state index in [0.29, 0.717) is 28.2 Å². The summed E-state index contributed by atoms with van der Waals surface area (Å²) in [4.78, 5) is 14.1. The van der Waals surface area contributed by atoms with Crippen LogP contribution in [0.25, 0.3) is 11.5 Å². The first kappa shape index (κ1) is 19.5. The highest BCUT2D eigenvalue weighted by Gasteiger charge is 2.15. The first-order valence-electron chi connectivity index (χ1n) is 8.59. The van der Waals surface area contributed by atoms with Gasteiger partial charge in [0.15, 0.2) is 0 Å². The summed E-state index contributed by atoms with van der Waals surface area (Å²) in [5.41, 5.74) is 3.07. The minimum Gasteiger partial charge on any atom is -0.411 e. The molecule has 0 atom stereocenters. The van der Waals surface area contributed by atoms with Gasteiger partial charge in [0, 0.05) is 13.6 Å². The maximum atomic E-state index is 12.4. The lowest BCUT2D eigenvalue weighted by atomic mass is 10.1. The van der Waals surface area contributed by atoms with Gasteiger partial charge >= 0.3 is 0 Å². The van der Waals surface area contributed by atoms with Gasteiger partial charge < -0.3 is 9.32 Å². The fourth-order valence-electron chi connectivity index (χ4n) is 2.49. The normalized spacial score (nSPS) is 10.8. The van der Waals surface area contributed by atoms with Crippen molar-refractivity contribution in [2.75, 3.05) is 12.8 Å². The van der Waals surface area contributed by atoms with Gasteiger partial charge in [-0.25, -0.2) is 0 Å². The summed E-state index contributed by atoms with van der Waals surface area (Å²) < 4.78 is 5.61. The largest absolute Gasteiger partial charge is 0.411 e. The standard InChI is InChI=1S/C20H20ClN3O2S/c1-3-14-8-10-15(11-9-14)12-24(2)18(25)13-27-20-23-22-19(26-20)16-6-4-5-7-17(16)21/h4-11H,3,12-13H2,1-2H3. The number of aromatic nitrogens is 2. The molecular weight excluding hydrogens is 382 g/mol. The highest BCUT2D eigenvalue weighted by molar-refractivity contribution is 7.99. The Morgan fingerprint density at radius 3 is 2.52 bits per heavy atom. The molecule has 5 nitrogen and oxygen atoms in total. The Kier molecular flexibility index (Phi) is 6.53. The van der Waals surface area contributed by atoms with Crippen LogP contribution in [0.5, 0.6) is 0 Å². The van der Waals surface area contributed by atoms with Crippen molar-refractivity contribution in [1.82, 2.24) is 15.1 Å². The van der Waals surface area contributed by atoms with Gasteiger partial charge in [-0.3, -0.25) is 4.79 Å². The SMILES string of the molecule is CCc1ccc(CN(C)C(=O)CSc2nnc(-c3ccccc3Cl)o2)cc1. The molecule has 0 bridgehead atoms. The van der Waals surface area contributed by atoms with Crippen molar-refractivity contribution in [2.45, 2.75) is 25.1 Å². The van der Waals surface area contributed by atoms with E-state index >= 15 is 0 Å². The molecule has 0 N–H and O–H groups in total. The lowest BCUT2D eigenvalue weighted by Gasteiger charge is -2.16. The van der Waals surface area contributed by atoms with Crippen LogP contribution in [0.2, 0.25) is 5.02 Å². The highest BCUT2D eigenvalue weighted by Crippen LogP contribution is 2.28. The average Bonchev–Trinajstić information content (AvgIpc) is 3.15. The summed E-state index contributed by atoms with van der Waals surface area (Å²) in [6.07, 6.45) is 1.01. The number of amides is 1. The van der Waals surface area contributed by atoms with Crippen molar-refractivity contribution in [2.24, 2.45) is 0 Å². The molecule has 1 aromatic heterocycles. The smallest absolute Gasteiger partial charge is 0.277 e. The first-order valence-corrected chi connectivity index (χ1v) is 9.96. The van der Waals surface area contributed by atoms with E-state index < -0.39 is 0 Å². The van der Waals surface area contributed by atoms with Crippen molar-refractivity contribution in [3.05, 3.63) is 64.7 Å². The number of aryl methyl sites for hydroxylation is 1. The van der Waals surface area contributed by atoms with Crippen molar-refractivity contribution >= 4 is 29.3 Å². The molecule has 7 heteroatoms. The maximum Gasteiger partial charge on any atom is 0.277 e. The Hall–Kier alpha value is -2.31. The molecule has 0 fully saturated rings. The quantitative estimate of drug-likeness (QED) is 0.537. The molecule has 3 rings (SSSR count). The van der Waals surface area contributed by atoms with Gasteiger partial charge in [0.05, 0.1) is 16.3 Å². The number of thioether (sulfide) groups is 1. The van der Waals surface area contributed by atoms with E-state index in [1.165, 1.54) is 17.3 Å². The third-order valence-electron chi connectivity index (χ3n) is 4.11. The van der Waals surface area contributed by atoms with Crippen molar-refractivity contribution in [3.63, 3.8) is 0 Å². The van der Waals surface area contributed by atoms with Crippen LogP contribution in [0.15, 0.2) is 58.2 Å². The van der Waals surface area contributed by atoms with E-state index in [1.807, 2.05) is 18.2 Å². The molecule has 0 unspecified atom stereocenters. The zero-order valence-corrected chi connectivity index (χ0v) is 16.8. The van der Waals surface area contributed by atoms with Crippen LogP contribution in [0.3, 0.4) is 0 Å². The van der Waals surface area contributed by atoms with Crippen molar-refractivity contribution in [1.29, 1.82) is 0 Å². The highest BCUT2D eigenvalue weighted by atomic mass is 35.5. The third kappa shape index (κ3) is 5.11. The summed E-state index contributed by atoms with van der Waals surface area (Å²) in [6, 6.07) is 15.6. The Labute approximate surface area is 167 Å². The van der Waals surface area contributed by atoms with Crippen LogP contribution in [0, 0.1) is 0 Å². The van der Waals surface area contributed by atoms with Gasteiger partial charge in [0.2, 0.25) is 11.8 Å². The summed E-state index contributed by atoms with van der Waals surface area (Å²) in [6.45, 7) is 2.69. The predicted molar refractivity (Wildman–Crippen MR) is 108 cm³/mol. The molecule has 1 heterocycles. The van der Waals surface area contributed by atoms with Crippen LogP contribution in [-0.2, 0) is 17.8 Å². The number of rotatable bonds is 7. The van der Waals surface area contributed by atoms with E-state index in [2.05, 4.69) is 41.4 Å². The summed E-state index contributed by atoms with van der Waals surface area (Å²) in [7, 11) is 1.79. The Morgan fingerprint density at radius 2 is 1.81 bits per heavy atom. The van der Waals surface area contributed by atoms with Crippen LogP contribution >= 0.6 is 23.4 Å². The Bertz CT molecular complexity index is 912. The van der Waals surface area contributed by atoms with Crippen LogP contribution < -0.4 is 0 Å². The second-order valence-electron chi connectivity index (χ2n) is 6.06. The molecule has 0 aliphatic carbocycles. The maximum absolute atomic E-state index is 12.4. The molecule has 0 spiro atoms. The topological polar surface area (TPSA) is 59.2 Å². The monoisotopic (exact) mass is 401 g/mol. The number of carbonyl (C=O) groups excluding carboxylic acids is 1. The second kappa shape index (κ2) is 9.06. The van der Waals surface area contributed by atoms with Crippen molar-refractivity contribution in [3.8, 4) is 11.5 Å². The zero-order valence-electron chi connectivity index (χ0n) is 15.2. The molecule has 0 aliphatic heterocycles. The summed E-state index contributed by atoms with van der Waals surface area (Å²) in [5.74, 6) is 0.574. The average molecular weight is 402 g/mol. The van der Waals surface area contributed by atoms with Gasteiger partial charge in [-0.1, -0.05) is 66.7 Å². The fraction of sp³-hybridized carbons (Fsp3) is 0.250. The van der Waals surface area contributed by atoms with Gasteiger partial charge in [0.1, 0.15) is 0 Å². The van der Waals surface area contributed by atoms with Crippen molar-refractivity contribution < 1.29 is 9.21 Å². The molecule has 2 aromatic carbocycles. The van der Waals surface area contributed by atoms with E-state index in [1.54, 1.807) is 18.0 Å². The molecule has 0 saturated heterocycles. The summed E-state index contributed by atoms with van der Waals surface area (Å²) in [5, 5.41) is 8.88. The molecule has 140 valence electrons. The third-order valence-corrected chi connectivity index (χ3v) is 5.24. The number of carbonyl (C=O) groups is 1. The van der Waals surface area contributed by atoms with Gasteiger partial charge in [-0.15, -0.1) is 10.2 Å². The Morgan fingerprint density at radius 1 is 1.11 bits per heavy atom. The fourth-order valence-corrected chi connectivity index (χ4v) is 3.41. The van der Waals surface area contributed by atoms with E-state index in [4.69, 9.17) is 16.0 Å². The molecule has 0 radical (unpaired) electrons. The Balaban J connectivity index is 1.55. The summed E-state index contributed by atoms with van der Waals surface area (Å²) >= 11 is 7.36. The van der Waals surface area contributed by atoms with Crippen LogP contribution in [0.1, 0.15) is 18.1 Å². The van der Waals surface area contributed by atoms with Gasteiger partial charge in [-0.05, 0) is 29.7 Å². The molecule has 27 heavy (non-hydrogen) atoms. The zero-order chi connectivity index (χ0) is 19.2. The molecule has 3 aromatic rings. The number of hydrogen-bond acceptors (Lipinski definition) is 5. The van der Waals surface area contributed by atoms with Crippen LogP contribution in [-0.4, -0.2) is 33.8 Å². The minimum absolute atomic E-state index is 0.00272. The van der Waals surface area contributed by atoms with Gasteiger partial charge in [0.25, 0.3) is 5.22 Å². The second-order valence-corrected chi connectivity index (χ2v) is 7.40. The van der Waals surface area contributed by atoms with E-state index in [0.717, 1.165) is 12.0 Å². The lowest BCUT2D eigenvalue weighted by molar-refractivity contribution is -0.127. The molecular formula is C20H20ClN3O2S. The van der Waals surface area contributed by atoms with Crippen LogP contribution in [0.4, 0.5) is 0 Å². The molecule has 0 aliphatic rings. The van der Waals surface area contributed by atoms with E-state index in [9.17, 15) is 4.79 Å². The van der Waals surface area contributed by atoms with Gasteiger partial charge in [-0.2, -0.15) is 0 Å². The van der Waals surface area contributed by atoms with E-state index in [-0.39, 0.29) is 11.7 Å². The number of halogens is 1. The first-order chi connectivity index (χ1) is 13.1. The number of nitrogens with zero attached hydrogens (tertiary/aromatic N) is 3. The number of benzene rings is 2. The lowest BCUT2D eigenvalue weighted by Crippen LogP contribution is -2.27.